The summed E-state index contributed by atoms with van der Waals surface area (Å²) in [4.78, 5) is 8.05. The number of aliphatic hydroxyl groups is 1. The molecule has 0 atom stereocenters. The molecule has 1 aliphatic heterocycles. The largest absolute Gasteiger partial charge is 0.504 e. The smallest absolute Gasteiger partial charge is 0.388 e. The quantitative estimate of drug-likeness (QED) is 0.603. The Balaban J connectivity index is 1.81. The lowest BCUT2D eigenvalue weighted by Crippen LogP contribution is -2.49. The molecular weight excluding hydrogens is 407 g/mol. The second-order valence-electron chi connectivity index (χ2n) is 7.36. The number of rotatable bonds is 3. The van der Waals surface area contributed by atoms with Crippen LogP contribution in [0, 0.1) is 11.8 Å². The Morgan fingerprint density at radius 1 is 1.24 bits per heavy atom. The van der Waals surface area contributed by atoms with Crippen LogP contribution in [-0.4, -0.2) is 64.1 Å². The van der Waals surface area contributed by atoms with Gasteiger partial charge in [-0.25, -0.2) is 4.98 Å². The van der Waals surface area contributed by atoms with Gasteiger partial charge in [0.2, 0.25) is 0 Å². The second kappa shape index (κ2) is 8.22. The summed E-state index contributed by atoms with van der Waals surface area (Å²) in [7, 11) is 3.84. The van der Waals surface area contributed by atoms with Crippen LogP contribution in [0.1, 0.15) is 24.0 Å². The number of alkyl halides is 3. The van der Waals surface area contributed by atoms with Crippen LogP contribution in [0.3, 0.4) is 0 Å². The molecular formula is C19H21ClF3N5O. The Kier molecular flexibility index (Phi) is 6.08. The van der Waals surface area contributed by atoms with Crippen LogP contribution < -0.4 is 4.90 Å². The van der Waals surface area contributed by atoms with Crippen LogP contribution in [0.5, 0.6) is 0 Å². The molecule has 1 saturated heterocycles. The van der Waals surface area contributed by atoms with Gasteiger partial charge in [-0.1, -0.05) is 23.4 Å². The third-order valence-corrected chi connectivity index (χ3v) is 4.88. The summed E-state index contributed by atoms with van der Waals surface area (Å²) in [6, 6.07) is 1.68. The van der Waals surface area contributed by atoms with Crippen LogP contribution in [-0.2, 0) is 6.30 Å². The number of hydrogen-bond acceptors (Lipinski definition) is 5. The van der Waals surface area contributed by atoms with Gasteiger partial charge < -0.3 is 14.9 Å². The lowest BCUT2D eigenvalue weighted by molar-refractivity contribution is -0.212. The Morgan fingerprint density at radius 3 is 2.52 bits per heavy atom. The van der Waals surface area contributed by atoms with Crippen molar-refractivity contribution in [2.75, 3.05) is 38.6 Å². The van der Waals surface area contributed by atoms with Gasteiger partial charge in [-0.05, 0) is 26.9 Å². The SMILES string of the molecule is CN(C)CC1(O)CCN(c2cc(Cl)ncc2C#Cc2cnn(C(F)(F)F)c2)CC1. The van der Waals surface area contributed by atoms with E-state index < -0.39 is 11.9 Å². The first-order valence-electron chi connectivity index (χ1n) is 8.97. The van der Waals surface area contributed by atoms with Crippen LogP contribution in [0.2, 0.25) is 5.15 Å². The molecule has 3 rings (SSSR count). The summed E-state index contributed by atoms with van der Waals surface area (Å²) in [5, 5.41) is 14.3. The minimum Gasteiger partial charge on any atom is -0.388 e. The maximum Gasteiger partial charge on any atom is 0.504 e. The molecule has 0 radical (unpaired) electrons. The average molecular weight is 428 g/mol. The van der Waals surface area contributed by atoms with Crippen molar-refractivity contribution in [3.63, 3.8) is 0 Å². The van der Waals surface area contributed by atoms with Gasteiger partial charge in [0.15, 0.2) is 0 Å². The highest BCUT2D eigenvalue weighted by Gasteiger charge is 2.33. The lowest BCUT2D eigenvalue weighted by Gasteiger charge is -2.40. The Hall–Kier alpha value is -2.28. The molecule has 2 aromatic rings. The molecule has 0 saturated carbocycles. The monoisotopic (exact) mass is 427 g/mol. The van der Waals surface area contributed by atoms with Crippen molar-refractivity contribution in [2.24, 2.45) is 0 Å². The van der Waals surface area contributed by atoms with Crippen LogP contribution >= 0.6 is 11.6 Å². The fourth-order valence-corrected chi connectivity index (χ4v) is 3.51. The van der Waals surface area contributed by atoms with Crippen molar-refractivity contribution >= 4 is 17.3 Å². The van der Waals surface area contributed by atoms with E-state index in [9.17, 15) is 18.3 Å². The molecule has 10 heteroatoms. The molecule has 3 heterocycles. The minimum atomic E-state index is -4.58. The molecule has 0 unspecified atom stereocenters. The van der Waals surface area contributed by atoms with Gasteiger partial charge in [0.05, 0.1) is 28.6 Å². The van der Waals surface area contributed by atoms with Crippen molar-refractivity contribution in [1.29, 1.82) is 0 Å². The summed E-state index contributed by atoms with van der Waals surface area (Å²) < 4.78 is 37.9. The topological polar surface area (TPSA) is 57.4 Å². The Labute approximate surface area is 171 Å². The van der Waals surface area contributed by atoms with E-state index in [4.69, 9.17) is 11.6 Å². The van der Waals surface area contributed by atoms with Gasteiger partial charge in [-0.15, -0.1) is 13.2 Å². The molecule has 1 aliphatic rings. The molecule has 1 fully saturated rings. The number of pyridine rings is 1. The molecule has 0 aliphatic carbocycles. The molecule has 2 aromatic heterocycles. The number of anilines is 1. The van der Waals surface area contributed by atoms with E-state index in [2.05, 4.69) is 26.8 Å². The van der Waals surface area contributed by atoms with E-state index in [0.29, 0.717) is 43.2 Å². The predicted octanol–water partition coefficient (Wildman–Crippen LogP) is 2.70. The zero-order valence-corrected chi connectivity index (χ0v) is 16.8. The molecule has 29 heavy (non-hydrogen) atoms. The van der Waals surface area contributed by atoms with Crippen molar-refractivity contribution < 1.29 is 18.3 Å². The van der Waals surface area contributed by atoms with Crippen LogP contribution in [0.25, 0.3) is 0 Å². The first kappa shape index (κ1) is 21.4. The highest BCUT2D eigenvalue weighted by molar-refractivity contribution is 6.29. The second-order valence-corrected chi connectivity index (χ2v) is 7.75. The van der Waals surface area contributed by atoms with Crippen molar-refractivity contribution in [1.82, 2.24) is 19.7 Å². The molecule has 0 aromatic carbocycles. The highest BCUT2D eigenvalue weighted by Crippen LogP contribution is 2.30. The predicted molar refractivity (Wildman–Crippen MR) is 104 cm³/mol. The van der Waals surface area contributed by atoms with Crippen LogP contribution in [0.4, 0.5) is 18.9 Å². The van der Waals surface area contributed by atoms with E-state index in [1.165, 1.54) is 6.20 Å². The molecule has 0 amide bonds. The van der Waals surface area contributed by atoms with Gasteiger partial charge in [-0.3, -0.25) is 0 Å². The van der Waals surface area contributed by atoms with E-state index in [0.717, 1.165) is 18.1 Å². The third kappa shape index (κ3) is 5.41. The Morgan fingerprint density at radius 2 is 1.93 bits per heavy atom. The van der Waals surface area contributed by atoms with E-state index in [-0.39, 0.29) is 10.2 Å². The summed E-state index contributed by atoms with van der Waals surface area (Å²) in [5.74, 6) is 5.56. The summed E-state index contributed by atoms with van der Waals surface area (Å²) in [6.07, 6.45) is -0.0275. The van der Waals surface area contributed by atoms with Gasteiger partial charge in [0, 0.05) is 38.1 Å². The summed E-state index contributed by atoms with van der Waals surface area (Å²) >= 11 is 6.05. The van der Waals surface area contributed by atoms with E-state index in [1.807, 2.05) is 19.0 Å². The number of piperidine rings is 1. The van der Waals surface area contributed by atoms with Crippen molar-refractivity contribution in [2.45, 2.75) is 24.7 Å². The maximum atomic E-state index is 12.7. The fourth-order valence-electron chi connectivity index (χ4n) is 3.35. The summed E-state index contributed by atoms with van der Waals surface area (Å²) in [6.45, 7) is 1.78. The van der Waals surface area contributed by atoms with E-state index in [1.54, 1.807) is 6.07 Å². The number of likely N-dealkylation sites (N-methyl/N-ethyl adjacent to an activating group) is 1. The van der Waals surface area contributed by atoms with Crippen LogP contribution in [0.15, 0.2) is 24.7 Å². The van der Waals surface area contributed by atoms with Gasteiger partial charge in [0.1, 0.15) is 5.15 Å². The minimum absolute atomic E-state index is 0.0890. The maximum absolute atomic E-state index is 12.7. The zero-order valence-electron chi connectivity index (χ0n) is 16.0. The first-order chi connectivity index (χ1) is 13.6. The zero-order chi connectivity index (χ0) is 21.2. The molecule has 0 bridgehead atoms. The fraction of sp³-hybridized carbons (Fsp3) is 0.474. The molecule has 6 nitrogen and oxygen atoms in total. The number of nitrogens with zero attached hydrogens (tertiary/aromatic N) is 5. The van der Waals surface area contributed by atoms with Gasteiger partial charge in [-0.2, -0.15) is 9.78 Å². The van der Waals surface area contributed by atoms with Crippen molar-refractivity contribution in [3.05, 3.63) is 40.9 Å². The number of hydrogen-bond donors (Lipinski definition) is 1. The molecule has 1 N–H and O–H groups in total. The number of aromatic nitrogens is 3. The standard InChI is InChI=1S/C19H21ClF3N5O/c1-26(2)13-18(29)5-7-27(8-6-18)16-9-17(20)24-11-15(16)4-3-14-10-25-28(12-14)19(21,22)23/h9-12,29H,5-8,13H2,1-2H3. The third-order valence-electron chi connectivity index (χ3n) is 4.68. The normalized spacial score (nSPS) is 16.6. The van der Waals surface area contributed by atoms with Crippen molar-refractivity contribution in [3.8, 4) is 11.8 Å². The Bertz CT molecular complexity index is 924. The number of halogens is 4. The van der Waals surface area contributed by atoms with E-state index >= 15 is 0 Å². The summed E-state index contributed by atoms with van der Waals surface area (Å²) in [5.41, 5.74) is 0.677. The lowest BCUT2D eigenvalue weighted by atomic mass is 9.90. The average Bonchev–Trinajstić information content (AvgIpc) is 3.10. The highest BCUT2D eigenvalue weighted by atomic mass is 35.5. The molecule has 156 valence electrons. The van der Waals surface area contributed by atoms with Gasteiger partial charge >= 0.3 is 6.30 Å². The molecule has 0 spiro atoms. The van der Waals surface area contributed by atoms with Gasteiger partial charge in [0.25, 0.3) is 0 Å². The first-order valence-corrected chi connectivity index (χ1v) is 9.35.